The van der Waals surface area contributed by atoms with Crippen LogP contribution in [0.5, 0.6) is 5.75 Å². The van der Waals surface area contributed by atoms with Crippen LogP contribution in [0.4, 0.5) is 4.39 Å². The van der Waals surface area contributed by atoms with Crippen molar-refractivity contribution in [2.24, 2.45) is 0 Å². The van der Waals surface area contributed by atoms with Crippen molar-refractivity contribution in [1.82, 2.24) is 0 Å². The van der Waals surface area contributed by atoms with E-state index in [1.165, 1.54) is 24.5 Å². The third-order valence-electron chi connectivity index (χ3n) is 1.96. The molecule has 0 unspecified atom stereocenters. The van der Waals surface area contributed by atoms with E-state index in [1.54, 1.807) is 12.1 Å². The fourth-order valence-corrected chi connectivity index (χ4v) is 2.01. The minimum Gasteiger partial charge on any atom is -0.497 e. The Morgan fingerprint density at radius 2 is 2.14 bits per heavy atom. The molecule has 0 aliphatic carbocycles. The van der Waals surface area contributed by atoms with E-state index in [1.807, 2.05) is 17.5 Å². The van der Waals surface area contributed by atoms with E-state index in [2.05, 4.69) is 0 Å². The molecule has 0 aliphatic rings. The summed E-state index contributed by atoms with van der Waals surface area (Å²) >= 11 is 1.52. The van der Waals surface area contributed by atoms with Crippen LogP contribution in [-0.2, 0) is 0 Å². The number of halogens is 1. The monoisotopic (exact) mass is 208 g/mol. The predicted molar refractivity (Wildman–Crippen MR) is 56.3 cm³/mol. The van der Waals surface area contributed by atoms with Crippen LogP contribution in [0, 0.1) is 5.82 Å². The molecule has 0 spiro atoms. The van der Waals surface area contributed by atoms with Gasteiger partial charge in [-0.2, -0.15) is 0 Å². The Morgan fingerprint density at radius 1 is 1.29 bits per heavy atom. The molecular formula is C11H9FOS. The molecule has 0 fully saturated rings. The number of hydrogen-bond acceptors (Lipinski definition) is 2. The molecular weight excluding hydrogens is 199 g/mol. The normalized spacial score (nSPS) is 10.1. The molecule has 1 nitrogen and oxygen atoms in total. The predicted octanol–water partition coefficient (Wildman–Crippen LogP) is 3.56. The van der Waals surface area contributed by atoms with Crippen molar-refractivity contribution in [3.05, 3.63) is 41.5 Å². The maximum Gasteiger partial charge on any atom is 0.135 e. The Labute approximate surface area is 85.8 Å². The van der Waals surface area contributed by atoms with Crippen LogP contribution < -0.4 is 4.74 Å². The summed E-state index contributed by atoms with van der Waals surface area (Å²) in [6, 6.07) is 8.70. The lowest BCUT2D eigenvalue weighted by Gasteiger charge is -2.03. The first kappa shape index (κ1) is 9.21. The van der Waals surface area contributed by atoms with Crippen molar-refractivity contribution < 1.29 is 9.13 Å². The number of rotatable bonds is 2. The van der Waals surface area contributed by atoms with Gasteiger partial charge in [-0.25, -0.2) is 4.39 Å². The molecule has 0 saturated carbocycles. The molecule has 0 aliphatic heterocycles. The summed E-state index contributed by atoms with van der Waals surface area (Å²) < 4.78 is 18.5. The summed E-state index contributed by atoms with van der Waals surface area (Å²) in [5.41, 5.74) is 0.626. The Bertz CT molecular complexity index is 423. The summed E-state index contributed by atoms with van der Waals surface area (Å²) in [5.74, 6) is 0.301. The molecule has 0 atom stereocenters. The summed E-state index contributed by atoms with van der Waals surface area (Å²) in [7, 11) is 1.53. The van der Waals surface area contributed by atoms with Gasteiger partial charge in [0, 0.05) is 16.5 Å². The number of ether oxygens (including phenoxy) is 1. The molecule has 0 N–H and O–H groups in total. The van der Waals surface area contributed by atoms with Gasteiger partial charge in [0.1, 0.15) is 11.6 Å². The lowest BCUT2D eigenvalue weighted by molar-refractivity contribution is 0.411. The average Bonchev–Trinajstić information content (AvgIpc) is 2.70. The maximum atomic E-state index is 13.5. The van der Waals surface area contributed by atoms with Gasteiger partial charge in [0.05, 0.1) is 7.11 Å². The van der Waals surface area contributed by atoms with Crippen molar-refractivity contribution >= 4 is 11.3 Å². The second kappa shape index (κ2) is 3.80. The fourth-order valence-electron chi connectivity index (χ4n) is 1.25. The van der Waals surface area contributed by atoms with Gasteiger partial charge in [0.25, 0.3) is 0 Å². The molecule has 3 heteroatoms. The van der Waals surface area contributed by atoms with Gasteiger partial charge in [0.2, 0.25) is 0 Å². The Morgan fingerprint density at radius 3 is 2.71 bits per heavy atom. The van der Waals surface area contributed by atoms with E-state index in [0.29, 0.717) is 11.3 Å². The molecule has 0 bridgehead atoms. The minimum absolute atomic E-state index is 0.244. The van der Waals surface area contributed by atoms with Crippen molar-refractivity contribution in [3.63, 3.8) is 0 Å². The van der Waals surface area contributed by atoms with Gasteiger partial charge in [-0.15, -0.1) is 11.3 Å². The van der Waals surface area contributed by atoms with E-state index >= 15 is 0 Å². The number of hydrogen-bond donors (Lipinski definition) is 0. The average molecular weight is 208 g/mol. The molecule has 2 aromatic rings. The van der Waals surface area contributed by atoms with Crippen LogP contribution in [-0.4, -0.2) is 7.11 Å². The van der Waals surface area contributed by atoms with Crippen LogP contribution in [0.15, 0.2) is 35.7 Å². The molecule has 1 heterocycles. The van der Waals surface area contributed by atoms with E-state index in [-0.39, 0.29) is 5.82 Å². The summed E-state index contributed by atoms with van der Waals surface area (Å²) in [6.07, 6.45) is 0. The smallest absolute Gasteiger partial charge is 0.135 e. The van der Waals surface area contributed by atoms with Gasteiger partial charge in [-0.05, 0) is 23.6 Å². The first-order valence-corrected chi connectivity index (χ1v) is 5.06. The summed E-state index contributed by atoms with van der Waals surface area (Å²) in [4.78, 5) is 0.935. The van der Waals surface area contributed by atoms with Crippen molar-refractivity contribution in [3.8, 4) is 16.2 Å². The number of thiophene rings is 1. The second-order valence-corrected chi connectivity index (χ2v) is 3.77. The molecule has 14 heavy (non-hydrogen) atoms. The van der Waals surface area contributed by atoms with Crippen molar-refractivity contribution in [2.75, 3.05) is 7.11 Å². The van der Waals surface area contributed by atoms with E-state index < -0.39 is 0 Å². The highest BCUT2D eigenvalue weighted by Gasteiger charge is 2.06. The lowest BCUT2D eigenvalue weighted by Crippen LogP contribution is -1.86. The first-order chi connectivity index (χ1) is 6.81. The zero-order chi connectivity index (χ0) is 9.97. The molecule has 2 rings (SSSR count). The Balaban J connectivity index is 2.46. The van der Waals surface area contributed by atoms with Crippen LogP contribution in [0.25, 0.3) is 10.4 Å². The molecule has 1 aromatic carbocycles. The third-order valence-corrected chi connectivity index (χ3v) is 2.87. The molecule has 0 amide bonds. The highest BCUT2D eigenvalue weighted by atomic mass is 32.1. The zero-order valence-corrected chi connectivity index (χ0v) is 8.48. The summed E-state index contributed by atoms with van der Waals surface area (Å²) in [6.45, 7) is 0. The summed E-state index contributed by atoms with van der Waals surface area (Å²) in [5, 5.41) is 1.93. The maximum absolute atomic E-state index is 13.5. The van der Waals surface area contributed by atoms with Gasteiger partial charge in [-0.3, -0.25) is 0 Å². The molecule has 0 radical (unpaired) electrons. The largest absolute Gasteiger partial charge is 0.497 e. The Hall–Kier alpha value is -1.35. The van der Waals surface area contributed by atoms with Crippen LogP contribution in [0.2, 0.25) is 0 Å². The quantitative estimate of drug-likeness (QED) is 0.733. The molecule has 1 aromatic heterocycles. The van der Waals surface area contributed by atoms with Crippen LogP contribution in [0.3, 0.4) is 0 Å². The highest BCUT2D eigenvalue weighted by molar-refractivity contribution is 7.13. The molecule has 72 valence electrons. The number of methoxy groups -OCH3 is 1. The zero-order valence-electron chi connectivity index (χ0n) is 7.66. The van der Waals surface area contributed by atoms with Gasteiger partial charge in [0.15, 0.2) is 0 Å². The van der Waals surface area contributed by atoms with Crippen LogP contribution >= 0.6 is 11.3 Å². The SMILES string of the molecule is COc1ccc(-c2cccs2)c(F)c1. The number of benzene rings is 1. The van der Waals surface area contributed by atoms with Crippen molar-refractivity contribution in [1.29, 1.82) is 0 Å². The van der Waals surface area contributed by atoms with E-state index in [0.717, 1.165) is 4.88 Å². The topological polar surface area (TPSA) is 9.23 Å². The lowest BCUT2D eigenvalue weighted by atomic mass is 10.1. The standard InChI is InChI=1S/C11H9FOS/c1-13-8-4-5-9(10(12)7-8)11-3-2-6-14-11/h2-7H,1H3. The third kappa shape index (κ3) is 1.63. The van der Waals surface area contributed by atoms with Gasteiger partial charge < -0.3 is 4.74 Å². The molecule has 0 saturated heterocycles. The van der Waals surface area contributed by atoms with Gasteiger partial charge in [-0.1, -0.05) is 6.07 Å². The minimum atomic E-state index is -0.244. The Kier molecular flexibility index (Phi) is 2.50. The van der Waals surface area contributed by atoms with Crippen LogP contribution in [0.1, 0.15) is 0 Å². The van der Waals surface area contributed by atoms with E-state index in [4.69, 9.17) is 4.74 Å². The van der Waals surface area contributed by atoms with E-state index in [9.17, 15) is 4.39 Å². The second-order valence-electron chi connectivity index (χ2n) is 2.82. The van der Waals surface area contributed by atoms with Gasteiger partial charge >= 0.3 is 0 Å². The first-order valence-electron chi connectivity index (χ1n) is 4.18. The highest BCUT2D eigenvalue weighted by Crippen LogP contribution is 2.29. The fraction of sp³-hybridized carbons (Fsp3) is 0.0909. The van der Waals surface area contributed by atoms with Crippen molar-refractivity contribution in [2.45, 2.75) is 0 Å².